The Morgan fingerprint density at radius 1 is 1.48 bits per heavy atom. The molecule has 1 aromatic heterocycles. The van der Waals surface area contributed by atoms with E-state index >= 15 is 0 Å². The molecule has 0 spiro atoms. The molecule has 112 valence electrons. The molecule has 2 aromatic rings. The van der Waals surface area contributed by atoms with Crippen molar-refractivity contribution < 1.29 is 9.53 Å². The highest BCUT2D eigenvalue weighted by molar-refractivity contribution is 7.11. The Hall–Kier alpha value is -2.08. The van der Waals surface area contributed by atoms with Crippen molar-refractivity contribution in [2.24, 2.45) is 0 Å². The fourth-order valence-electron chi connectivity index (χ4n) is 2.15. The van der Waals surface area contributed by atoms with Gasteiger partial charge in [0, 0.05) is 6.04 Å². The first kappa shape index (κ1) is 15.3. The topological polar surface area (TPSA) is 77.2 Å². The SMILES string of the molecule is CCOC(=O)c1c(N)nsc1NC(C)c1ccccc1C. The number of ether oxygens (including phenoxy) is 1. The maximum Gasteiger partial charge on any atom is 0.344 e. The number of anilines is 2. The normalized spacial score (nSPS) is 12.0. The minimum Gasteiger partial charge on any atom is -0.462 e. The van der Waals surface area contributed by atoms with E-state index in [-0.39, 0.29) is 11.9 Å². The molecule has 2 rings (SSSR count). The van der Waals surface area contributed by atoms with Gasteiger partial charge in [-0.05, 0) is 43.4 Å². The first-order valence-corrected chi connectivity index (χ1v) is 7.56. The minimum atomic E-state index is -0.441. The Kier molecular flexibility index (Phi) is 4.80. The van der Waals surface area contributed by atoms with Crippen molar-refractivity contribution in [3.63, 3.8) is 0 Å². The van der Waals surface area contributed by atoms with E-state index in [0.717, 1.165) is 0 Å². The zero-order chi connectivity index (χ0) is 15.4. The number of benzene rings is 1. The van der Waals surface area contributed by atoms with Gasteiger partial charge in [0.25, 0.3) is 0 Å². The maximum atomic E-state index is 12.0. The summed E-state index contributed by atoms with van der Waals surface area (Å²) in [5.74, 6) is -0.235. The number of nitrogen functional groups attached to an aromatic ring is 1. The third kappa shape index (κ3) is 3.33. The molecule has 1 aromatic carbocycles. The van der Waals surface area contributed by atoms with Gasteiger partial charge in [0.15, 0.2) is 5.82 Å². The summed E-state index contributed by atoms with van der Waals surface area (Å²) < 4.78 is 9.07. The third-order valence-corrected chi connectivity index (χ3v) is 3.99. The molecule has 1 unspecified atom stereocenters. The summed E-state index contributed by atoms with van der Waals surface area (Å²) in [6.45, 7) is 6.16. The van der Waals surface area contributed by atoms with Crippen LogP contribution < -0.4 is 11.1 Å². The van der Waals surface area contributed by atoms with Gasteiger partial charge in [-0.2, -0.15) is 4.37 Å². The van der Waals surface area contributed by atoms with Crippen molar-refractivity contribution in [2.45, 2.75) is 26.8 Å². The number of hydrogen-bond donors (Lipinski definition) is 2. The van der Waals surface area contributed by atoms with E-state index < -0.39 is 5.97 Å². The van der Waals surface area contributed by atoms with E-state index in [1.54, 1.807) is 6.92 Å². The number of carbonyl (C=O) groups excluding carboxylic acids is 1. The Morgan fingerprint density at radius 2 is 2.19 bits per heavy atom. The largest absolute Gasteiger partial charge is 0.462 e. The summed E-state index contributed by atoms with van der Waals surface area (Å²) in [4.78, 5) is 12.0. The van der Waals surface area contributed by atoms with Crippen molar-refractivity contribution in [1.29, 1.82) is 0 Å². The van der Waals surface area contributed by atoms with Crippen LogP contribution in [0.1, 0.15) is 41.4 Å². The Labute approximate surface area is 128 Å². The molecule has 1 heterocycles. The summed E-state index contributed by atoms with van der Waals surface area (Å²) in [6.07, 6.45) is 0. The maximum absolute atomic E-state index is 12.0. The van der Waals surface area contributed by atoms with E-state index in [1.165, 1.54) is 22.7 Å². The molecule has 0 aliphatic heterocycles. The molecule has 1 atom stereocenters. The number of nitrogens with zero attached hydrogens (tertiary/aromatic N) is 1. The number of esters is 1. The highest BCUT2D eigenvalue weighted by atomic mass is 32.1. The number of nitrogens with two attached hydrogens (primary N) is 1. The van der Waals surface area contributed by atoms with Crippen molar-refractivity contribution in [1.82, 2.24) is 4.37 Å². The lowest BCUT2D eigenvalue weighted by atomic mass is 10.0. The van der Waals surface area contributed by atoms with E-state index in [4.69, 9.17) is 10.5 Å². The van der Waals surface area contributed by atoms with Crippen LogP contribution in [0.15, 0.2) is 24.3 Å². The number of aromatic nitrogens is 1. The van der Waals surface area contributed by atoms with E-state index in [9.17, 15) is 4.79 Å². The molecule has 0 saturated heterocycles. The lowest BCUT2D eigenvalue weighted by Gasteiger charge is -2.17. The Morgan fingerprint density at radius 3 is 2.86 bits per heavy atom. The second-order valence-corrected chi connectivity index (χ2v) is 5.49. The minimum absolute atomic E-state index is 0.0410. The lowest BCUT2D eigenvalue weighted by Crippen LogP contribution is -2.12. The smallest absolute Gasteiger partial charge is 0.344 e. The Bertz CT molecular complexity index is 640. The van der Waals surface area contributed by atoms with Gasteiger partial charge in [-0.1, -0.05) is 24.3 Å². The molecule has 0 radical (unpaired) electrons. The van der Waals surface area contributed by atoms with Crippen LogP contribution >= 0.6 is 11.5 Å². The van der Waals surface area contributed by atoms with Crippen molar-refractivity contribution in [2.75, 3.05) is 17.7 Å². The zero-order valence-corrected chi connectivity index (χ0v) is 13.2. The first-order chi connectivity index (χ1) is 10.0. The zero-order valence-electron chi connectivity index (χ0n) is 12.3. The molecule has 6 heteroatoms. The van der Waals surface area contributed by atoms with Gasteiger partial charge in [0.2, 0.25) is 0 Å². The molecule has 0 bridgehead atoms. The molecular formula is C15H19N3O2S. The van der Waals surface area contributed by atoms with Gasteiger partial charge < -0.3 is 15.8 Å². The summed E-state index contributed by atoms with van der Waals surface area (Å²) >= 11 is 1.17. The first-order valence-electron chi connectivity index (χ1n) is 6.79. The lowest BCUT2D eigenvalue weighted by molar-refractivity contribution is 0.0529. The predicted molar refractivity (Wildman–Crippen MR) is 85.7 cm³/mol. The van der Waals surface area contributed by atoms with Gasteiger partial charge in [0.05, 0.1) is 6.61 Å². The summed E-state index contributed by atoms with van der Waals surface area (Å²) in [5, 5.41) is 3.94. The molecular weight excluding hydrogens is 286 g/mol. The fraction of sp³-hybridized carbons (Fsp3) is 0.333. The average Bonchev–Trinajstić information content (AvgIpc) is 2.80. The highest BCUT2D eigenvalue weighted by Crippen LogP contribution is 2.31. The van der Waals surface area contributed by atoms with Crippen LogP contribution in [0.5, 0.6) is 0 Å². The van der Waals surface area contributed by atoms with E-state index in [1.807, 2.05) is 19.1 Å². The number of nitrogens with one attached hydrogen (secondary N) is 1. The molecule has 0 saturated carbocycles. The monoisotopic (exact) mass is 305 g/mol. The summed E-state index contributed by atoms with van der Waals surface area (Å²) in [6, 6.07) is 8.15. The van der Waals surface area contributed by atoms with Gasteiger partial charge in [-0.15, -0.1) is 0 Å². The van der Waals surface area contributed by atoms with E-state index in [2.05, 4.69) is 28.7 Å². The van der Waals surface area contributed by atoms with Crippen LogP contribution in [0.2, 0.25) is 0 Å². The van der Waals surface area contributed by atoms with Crippen molar-refractivity contribution in [3.8, 4) is 0 Å². The van der Waals surface area contributed by atoms with Crippen LogP contribution in [0.25, 0.3) is 0 Å². The van der Waals surface area contributed by atoms with Gasteiger partial charge in [-0.3, -0.25) is 0 Å². The highest BCUT2D eigenvalue weighted by Gasteiger charge is 2.22. The molecule has 0 aliphatic carbocycles. The van der Waals surface area contributed by atoms with Crippen LogP contribution in [0.3, 0.4) is 0 Å². The standard InChI is InChI=1S/C15H19N3O2S/c1-4-20-15(19)12-13(16)18-21-14(12)17-10(3)11-8-6-5-7-9(11)2/h5-8,10,17H,4H2,1-3H3,(H2,16,18). The molecule has 21 heavy (non-hydrogen) atoms. The van der Waals surface area contributed by atoms with Crippen LogP contribution in [0, 0.1) is 6.92 Å². The second kappa shape index (κ2) is 6.58. The third-order valence-electron chi connectivity index (χ3n) is 3.20. The van der Waals surface area contributed by atoms with Crippen LogP contribution in [-0.4, -0.2) is 16.9 Å². The molecule has 5 nitrogen and oxygen atoms in total. The molecule has 0 amide bonds. The molecule has 0 fully saturated rings. The van der Waals surface area contributed by atoms with Crippen molar-refractivity contribution in [3.05, 3.63) is 41.0 Å². The molecule has 3 N–H and O–H groups in total. The van der Waals surface area contributed by atoms with Gasteiger partial charge >= 0.3 is 5.97 Å². The fourth-order valence-corrected chi connectivity index (χ4v) is 2.94. The number of rotatable bonds is 5. The Balaban J connectivity index is 2.24. The average molecular weight is 305 g/mol. The number of carbonyl (C=O) groups is 1. The van der Waals surface area contributed by atoms with Crippen LogP contribution in [-0.2, 0) is 4.74 Å². The summed E-state index contributed by atoms with van der Waals surface area (Å²) in [7, 11) is 0. The predicted octanol–water partition coefficient (Wildman–Crippen LogP) is 3.38. The summed E-state index contributed by atoms with van der Waals surface area (Å²) in [5.41, 5.74) is 8.45. The van der Waals surface area contributed by atoms with Gasteiger partial charge in [-0.25, -0.2) is 4.79 Å². The quantitative estimate of drug-likeness (QED) is 0.828. The van der Waals surface area contributed by atoms with E-state index in [0.29, 0.717) is 17.2 Å². The van der Waals surface area contributed by atoms with Crippen molar-refractivity contribution >= 4 is 28.3 Å². The second-order valence-electron chi connectivity index (χ2n) is 4.72. The molecule has 0 aliphatic rings. The van der Waals surface area contributed by atoms with Gasteiger partial charge in [0.1, 0.15) is 10.6 Å². The number of hydrogen-bond acceptors (Lipinski definition) is 6. The number of aryl methyl sites for hydroxylation is 1. The van der Waals surface area contributed by atoms with Crippen LogP contribution in [0.4, 0.5) is 10.8 Å².